The van der Waals surface area contributed by atoms with E-state index in [1.165, 1.54) is 16.2 Å². The van der Waals surface area contributed by atoms with Gasteiger partial charge in [-0.25, -0.2) is 0 Å². The van der Waals surface area contributed by atoms with E-state index in [2.05, 4.69) is 42.8 Å². The largest absolute Gasteiger partial charge is 0.372 e. The van der Waals surface area contributed by atoms with Crippen LogP contribution in [-0.2, 0) is 22.4 Å². The molecule has 0 radical (unpaired) electrons. The zero-order valence-electron chi connectivity index (χ0n) is 17.5. The molecule has 1 aliphatic carbocycles. The molecule has 2 amide bonds. The van der Waals surface area contributed by atoms with Crippen molar-refractivity contribution in [2.75, 3.05) is 16.0 Å². The van der Waals surface area contributed by atoms with Crippen molar-refractivity contribution >= 4 is 39.5 Å². The molecule has 1 aromatic heterocycles. The summed E-state index contributed by atoms with van der Waals surface area (Å²) in [6.07, 6.45) is 2.87. The summed E-state index contributed by atoms with van der Waals surface area (Å²) in [5, 5.41) is 19.2. The first kappa shape index (κ1) is 20.4. The Hall–Kier alpha value is -2.85. The van der Waals surface area contributed by atoms with Crippen LogP contribution in [0.5, 0.6) is 0 Å². The highest BCUT2D eigenvalue weighted by molar-refractivity contribution is 7.16. The van der Waals surface area contributed by atoms with Crippen LogP contribution in [0.15, 0.2) is 24.3 Å². The molecule has 7 heteroatoms. The van der Waals surface area contributed by atoms with Crippen LogP contribution in [0.4, 0.5) is 16.4 Å². The van der Waals surface area contributed by atoms with Crippen molar-refractivity contribution in [2.24, 2.45) is 11.3 Å². The van der Waals surface area contributed by atoms with Gasteiger partial charge in [-0.05, 0) is 48.3 Å². The zero-order valence-corrected chi connectivity index (χ0v) is 18.3. The zero-order chi connectivity index (χ0) is 21.5. The van der Waals surface area contributed by atoms with E-state index in [-0.39, 0.29) is 23.7 Å². The summed E-state index contributed by atoms with van der Waals surface area (Å²) in [4.78, 5) is 26.3. The molecule has 2 atom stereocenters. The Kier molecular flexibility index (Phi) is 5.29. The van der Waals surface area contributed by atoms with Gasteiger partial charge < -0.3 is 16.0 Å². The molecular formula is C23H26N4O2S. The normalized spacial score (nSPS) is 20.3. The van der Waals surface area contributed by atoms with E-state index in [0.29, 0.717) is 22.2 Å². The number of para-hydroxylation sites is 2. The fraction of sp³-hybridized carbons (Fsp3) is 0.435. The van der Waals surface area contributed by atoms with Crippen molar-refractivity contribution in [1.29, 1.82) is 5.26 Å². The second-order valence-electron chi connectivity index (χ2n) is 9.11. The maximum atomic E-state index is 12.7. The van der Waals surface area contributed by atoms with Gasteiger partial charge in [-0.3, -0.25) is 9.59 Å². The van der Waals surface area contributed by atoms with Crippen LogP contribution in [0.2, 0.25) is 0 Å². The van der Waals surface area contributed by atoms with Crippen molar-refractivity contribution in [2.45, 2.75) is 52.5 Å². The summed E-state index contributed by atoms with van der Waals surface area (Å²) in [5.41, 5.74) is 3.40. The van der Waals surface area contributed by atoms with Gasteiger partial charge in [0.2, 0.25) is 11.8 Å². The molecule has 0 saturated heterocycles. The van der Waals surface area contributed by atoms with Gasteiger partial charge in [0.1, 0.15) is 17.1 Å². The van der Waals surface area contributed by atoms with Crippen LogP contribution in [0.3, 0.4) is 0 Å². The van der Waals surface area contributed by atoms with Crippen molar-refractivity contribution in [1.82, 2.24) is 0 Å². The Bertz CT molecular complexity index is 1040. The van der Waals surface area contributed by atoms with Crippen molar-refractivity contribution in [3.05, 3.63) is 40.3 Å². The Balaban J connectivity index is 1.47. The smallest absolute Gasteiger partial charge is 0.247 e. The molecule has 3 N–H and O–H groups in total. The number of carbonyl (C=O) groups is 2. The van der Waals surface area contributed by atoms with Crippen molar-refractivity contribution in [3.63, 3.8) is 0 Å². The highest BCUT2D eigenvalue weighted by Gasteiger charge is 2.33. The monoisotopic (exact) mass is 422 g/mol. The number of amides is 2. The average molecular weight is 423 g/mol. The van der Waals surface area contributed by atoms with E-state index in [0.717, 1.165) is 30.5 Å². The Morgan fingerprint density at radius 1 is 1.30 bits per heavy atom. The predicted octanol–water partition coefficient (Wildman–Crippen LogP) is 4.53. The van der Waals surface area contributed by atoms with Crippen LogP contribution in [0.25, 0.3) is 0 Å². The summed E-state index contributed by atoms with van der Waals surface area (Å²) in [7, 11) is 0. The number of nitrogens with one attached hydrogen (secondary N) is 3. The molecular weight excluding hydrogens is 396 g/mol. The number of hydrogen-bond donors (Lipinski definition) is 3. The molecule has 2 aromatic rings. The molecule has 2 unspecified atom stereocenters. The molecule has 2 heterocycles. The van der Waals surface area contributed by atoms with E-state index in [9.17, 15) is 14.9 Å². The molecule has 0 bridgehead atoms. The quantitative estimate of drug-likeness (QED) is 0.677. The van der Waals surface area contributed by atoms with Crippen LogP contribution in [0, 0.1) is 22.7 Å². The van der Waals surface area contributed by atoms with E-state index >= 15 is 0 Å². The Morgan fingerprint density at radius 3 is 2.73 bits per heavy atom. The maximum Gasteiger partial charge on any atom is 0.247 e. The third-order valence-corrected chi connectivity index (χ3v) is 7.25. The summed E-state index contributed by atoms with van der Waals surface area (Å²) in [6, 6.07) is 9.05. The lowest BCUT2D eigenvalue weighted by Crippen LogP contribution is -2.41. The standard InChI is InChI=1S/C23H26N4O2S/c1-23(2,3)13-8-9-14-15(12-24)22(30-19(14)10-13)27-20(28)11-18-21(29)26-17-7-5-4-6-16(17)25-18/h4-7,13,18,25H,8-11H2,1-3H3,(H,26,29)(H,27,28). The lowest BCUT2D eigenvalue weighted by Gasteiger charge is -2.33. The Labute approximate surface area is 180 Å². The molecule has 0 spiro atoms. The van der Waals surface area contributed by atoms with E-state index in [1.54, 1.807) is 0 Å². The second-order valence-corrected chi connectivity index (χ2v) is 10.2. The average Bonchev–Trinajstić information content (AvgIpc) is 3.03. The molecule has 2 aliphatic rings. The van der Waals surface area contributed by atoms with E-state index in [1.807, 2.05) is 24.3 Å². The van der Waals surface area contributed by atoms with Gasteiger partial charge >= 0.3 is 0 Å². The molecule has 4 rings (SSSR count). The summed E-state index contributed by atoms with van der Waals surface area (Å²) in [5.74, 6) is 0.0568. The number of benzene rings is 1. The molecule has 1 aromatic carbocycles. The predicted molar refractivity (Wildman–Crippen MR) is 120 cm³/mol. The van der Waals surface area contributed by atoms with Crippen LogP contribution in [-0.4, -0.2) is 17.9 Å². The summed E-state index contributed by atoms with van der Waals surface area (Å²) >= 11 is 1.51. The van der Waals surface area contributed by atoms with Crippen LogP contribution >= 0.6 is 11.3 Å². The number of nitrogens with zero attached hydrogens (tertiary/aromatic N) is 1. The molecule has 0 saturated carbocycles. The van der Waals surface area contributed by atoms with Gasteiger partial charge in [-0.2, -0.15) is 5.26 Å². The van der Waals surface area contributed by atoms with E-state index < -0.39 is 6.04 Å². The van der Waals surface area contributed by atoms with Crippen molar-refractivity contribution in [3.8, 4) is 6.07 Å². The molecule has 6 nitrogen and oxygen atoms in total. The first-order chi connectivity index (χ1) is 14.3. The number of hydrogen-bond acceptors (Lipinski definition) is 5. The third-order valence-electron chi connectivity index (χ3n) is 6.08. The topological polar surface area (TPSA) is 94.0 Å². The van der Waals surface area contributed by atoms with Crippen molar-refractivity contribution < 1.29 is 9.59 Å². The summed E-state index contributed by atoms with van der Waals surface area (Å²) in [6.45, 7) is 6.76. The van der Waals surface area contributed by atoms with Crippen LogP contribution in [0.1, 0.15) is 49.6 Å². The third kappa shape index (κ3) is 3.92. The maximum absolute atomic E-state index is 12.7. The first-order valence-electron chi connectivity index (χ1n) is 10.3. The highest BCUT2D eigenvalue weighted by Crippen LogP contribution is 2.44. The highest BCUT2D eigenvalue weighted by atomic mass is 32.1. The lowest BCUT2D eigenvalue weighted by molar-refractivity contribution is -0.122. The molecule has 30 heavy (non-hydrogen) atoms. The van der Waals surface area contributed by atoms with Gasteiger partial charge in [-0.1, -0.05) is 32.9 Å². The number of nitriles is 1. The molecule has 1 aliphatic heterocycles. The minimum atomic E-state index is -0.648. The first-order valence-corrected chi connectivity index (χ1v) is 11.1. The van der Waals surface area contributed by atoms with Gasteiger partial charge in [0, 0.05) is 4.88 Å². The van der Waals surface area contributed by atoms with Gasteiger partial charge in [0.05, 0.1) is 23.4 Å². The number of anilines is 3. The fourth-order valence-electron chi connectivity index (χ4n) is 4.23. The van der Waals surface area contributed by atoms with Gasteiger partial charge in [-0.15, -0.1) is 11.3 Å². The minimum absolute atomic E-state index is 0.00177. The van der Waals surface area contributed by atoms with Crippen LogP contribution < -0.4 is 16.0 Å². The number of rotatable bonds is 3. The van der Waals surface area contributed by atoms with Gasteiger partial charge in [0.15, 0.2) is 0 Å². The minimum Gasteiger partial charge on any atom is -0.372 e. The lowest BCUT2D eigenvalue weighted by atomic mass is 9.72. The molecule has 0 fully saturated rings. The number of carbonyl (C=O) groups excluding carboxylic acids is 2. The second kappa shape index (κ2) is 7.77. The van der Waals surface area contributed by atoms with E-state index in [4.69, 9.17) is 0 Å². The summed E-state index contributed by atoms with van der Waals surface area (Å²) < 4.78 is 0. The SMILES string of the molecule is CC(C)(C)C1CCc2c(sc(NC(=O)CC3Nc4ccccc4NC3=O)c2C#N)C1. The molecule has 156 valence electrons. The number of fused-ring (bicyclic) bond motifs is 2. The fourth-order valence-corrected chi connectivity index (χ4v) is 5.52. The Morgan fingerprint density at radius 2 is 2.03 bits per heavy atom. The number of thiophene rings is 1. The van der Waals surface area contributed by atoms with Gasteiger partial charge in [0.25, 0.3) is 0 Å².